The minimum atomic E-state index is 0.565. The van der Waals surface area contributed by atoms with Gasteiger partial charge in [-0.05, 0) is 11.1 Å². The molecule has 0 heterocycles. The molecule has 128 valence electrons. The Kier molecular flexibility index (Phi) is 6.42. The smallest absolute Gasteiger partial charge is 0.103 e. The van der Waals surface area contributed by atoms with Crippen LogP contribution in [0.1, 0.15) is 29.5 Å². The highest BCUT2D eigenvalue weighted by atomic mass is 15.1. The average Bonchev–Trinajstić information content (AvgIpc) is 2.68. The molecule has 1 unspecified atom stereocenters. The molecule has 1 N–H and O–H groups in total. The van der Waals surface area contributed by atoms with E-state index < -0.39 is 0 Å². The molecular weight excluding hydrogens is 302 g/mol. The van der Waals surface area contributed by atoms with Gasteiger partial charge in [-0.1, -0.05) is 97.9 Å². The van der Waals surface area contributed by atoms with Gasteiger partial charge in [0.1, 0.15) is 6.54 Å². The summed E-state index contributed by atoms with van der Waals surface area (Å²) >= 11 is 0. The molecule has 3 aromatic carbocycles. The molecule has 0 amide bonds. The van der Waals surface area contributed by atoms with E-state index in [0.29, 0.717) is 5.92 Å². The quantitative estimate of drug-likeness (QED) is 0.634. The Morgan fingerprint density at radius 1 is 0.680 bits per heavy atom. The van der Waals surface area contributed by atoms with Crippen LogP contribution in [0.2, 0.25) is 0 Å². The van der Waals surface area contributed by atoms with Crippen molar-refractivity contribution in [2.24, 2.45) is 0 Å². The second-order valence-electron chi connectivity index (χ2n) is 6.91. The third kappa shape index (κ3) is 5.58. The van der Waals surface area contributed by atoms with E-state index in [1.807, 2.05) is 0 Å². The van der Waals surface area contributed by atoms with Crippen LogP contribution >= 0.6 is 0 Å². The van der Waals surface area contributed by atoms with Crippen LogP contribution in [0.3, 0.4) is 0 Å². The second kappa shape index (κ2) is 9.19. The summed E-state index contributed by atoms with van der Waals surface area (Å²) < 4.78 is 0. The Labute approximate surface area is 151 Å². The maximum absolute atomic E-state index is 2.35. The number of benzene rings is 3. The molecule has 0 spiro atoms. The summed E-state index contributed by atoms with van der Waals surface area (Å²) in [6.45, 7) is 5.76. The van der Waals surface area contributed by atoms with Crippen LogP contribution in [0, 0.1) is 0 Å². The summed E-state index contributed by atoms with van der Waals surface area (Å²) in [5.41, 5.74) is 4.29. The third-order valence-electron chi connectivity index (χ3n) is 4.87. The zero-order chi connectivity index (χ0) is 17.3. The summed E-state index contributed by atoms with van der Waals surface area (Å²) in [6.07, 6.45) is 1.13. The molecule has 1 heteroatoms. The van der Waals surface area contributed by atoms with Crippen LogP contribution in [-0.2, 0) is 13.0 Å². The van der Waals surface area contributed by atoms with E-state index in [2.05, 4.69) is 97.9 Å². The van der Waals surface area contributed by atoms with Crippen molar-refractivity contribution in [3.63, 3.8) is 0 Å². The summed E-state index contributed by atoms with van der Waals surface area (Å²) in [6, 6.07) is 32.6. The lowest BCUT2D eigenvalue weighted by Gasteiger charge is -2.23. The molecule has 0 bridgehead atoms. The molecule has 0 fully saturated rings. The molecule has 3 aromatic rings. The van der Waals surface area contributed by atoms with Gasteiger partial charge in [-0.3, -0.25) is 0 Å². The number of hydrogen-bond donors (Lipinski definition) is 1. The van der Waals surface area contributed by atoms with Gasteiger partial charge < -0.3 is 4.90 Å². The Morgan fingerprint density at radius 3 is 1.80 bits per heavy atom. The minimum absolute atomic E-state index is 0.565. The van der Waals surface area contributed by atoms with Gasteiger partial charge in [-0.2, -0.15) is 0 Å². The van der Waals surface area contributed by atoms with Crippen LogP contribution in [0.25, 0.3) is 0 Å². The summed E-state index contributed by atoms with van der Waals surface area (Å²) in [7, 11) is 0. The highest BCUT2D eigenvalue weighted by Crippen LogP contribution is 2.12. The number of nitrogens with one attached hydrogen (secondary N) is 1. The van der Waals surface area contributed by atoms with Crippen LogP contribution in [0.4, 0.5) is 0 Å². The molecular formula is C24H28N+. The third-order valence-corrected chi connectivity index (χ3v) is 4.87. The highest BCUT2D eigenvalue weighted by molar-refractivity contribution is 5.19. The van der Waals surface area contributed by atoms with Gasteiger partial charge in [0.2, 0.25) is 0 Å². The van der Waals surface area contributed by atoms with Crippen molar-refractivity contribution in [1.82, 2.24) is 0 Å². The molecule has 3 rings (SSSR count). The predicted molar refractivity (Wildman–Crippen MR) is 106 cm³/mol. The van der Waals surface area contributed by atoms with Gasteiger partial charge >= 0.3 is 0 Å². The normalized spacial score (nSPS) is 13.3. The van der Waals surface area contributed by atoms with Crippen LogP contribution in [-0.4, -0.2) is 13.1 Å². The van der Waals surface area contributed by atoms with Crippen LogP contribution < -0.4 is 4.90 Å². The number of quaternary nitrogens is 1. The van der Waals surface area contributed by atoms with E-state index in [-0.39, 0.29) is 0 Å². The van der Waals surface area contributed by atoms with E-state index in [4.69, 9.17) is 0 Å². The first-order valence-electron chi connectivity index (χ1n) is 9.27. The Balaban J connectivity index is 1.67. The zero-order valence-electron chi connectivity index (χ0n) is 15.1. The predicted octanol–water partition coefficient (Wildman–Crippen LogP) is 4.12. The van der Waals surface area contributed by atoms with Crippen molar-refractivity contribution in [2.45, 2.75) is 25.8 Å². The molecule has 0 aliphatic rings. The molecule has 1 nitrogen and oxygen atoms in total. The van der Waals surface area contributed by atoms with E-state index in [9.17, 15) is 0 Å². The van der Waals surface area contributed by atoms with Crippen LogP contribution in [0.15, 0.2) is 91.0 Å². The fourth-order valence-electron chi connectivity index (χ4n) is 3.45. The molecule has 0 aromatic heterocycles. The lowest BCUT2D eigenvalue weighted by molar-refractivity contribution is -0.915. The van der Waals surface area contributed by atoms with Crippen molar-refractivity contribution >= 4 is 0 Å². The van der Waals surface area contributed by atoms with E-state index in [1.165, 1.54) is 16.7 Å². The molecule has 25 heavy (non-hydrogen) atoms. The zero-order valence-corrected chi connectivity index (χ0v) is 15.1. The maximum Gasteiger partial charge on any atom is 0.103 e. The van der Waals surface area contributed by atoms with E-state index in [1.54, 1.807) is 4.90 Å². The number of rotatable bonds is 8. The van der Waals surface area contributed by atoms with Gasteiger partial charge in [0.15, 0.2) is 0 Å². The number of hydrogen-bond acceptors (Lipinski definition) is 0. The average molecular weight is 330 g/mol. The standard InChI is InChI=1S/C24H27N/c1-21(24-15-9-4-10-16-24)19-25(20-23-13-7-3-8-14-23)18-17-22-11-5-2-6-12-22/h2-16,21H,17-20H2,1H3/p+1/t21-/m0/s1. The van der Waals surface area contributed by atoms with Gasteiger partial charge in [-0.15, -0.1) is 0 Å². The summed E-state index contributed by atoms with van der Waals surface area (Å²) in [5, 5.41) is 0. The van der Waals surface area contributed by atoms with E-state index in [0.717, 1.165) is 26.1 Å². The topological polar surface area (TPSA) is 4.44 Å². The van der Waals surface area contributed by atoms with Crippen molar-refractivity contribution < 1.29 is 4.90 Å². The van der Waals surface area contributed by atoms with Crippen LogP contribution in [0.5, 0.6) is 0 Å². The van der Waals surface area contributed by atoms with Gasteiger partial charge in [0, 0.05) is 17.9 Å². The van der Waals surface area contributed by atoms with E-state index >= 15 is 0 Å². The first-order chi connectivity index (χ1) is 12.3. The SMILES string of the molecule is C[C@@H](C[NH+](CCc1ccccc1)Cc1ccccc1)c1ccccc1. The minimum Gasteiger partial charge on any atom is -0.330 e. The van der Waals surface area contributed by atoms with Crippen molar-refractivity contribution in [3.8, 4) is 0 Å². The van der Waals surface area contributed by atoms with Crippen molar-refractivity contribution in [1.29, 1.82) is 0 Å². The highest BCUT2D eigenvalue weighted by Gasteiger charge is 2.16. The van der Waals surface area contributed by atoms with Gasteiger partial charge in [0.25, 0.3) is 0 Å². The molecule has 2 atom stereocenters. The molecule has 0 radical (unpaired) electrons. The summed E-state index contributed by atoms with van der Waals surface area (Å²) in [4.78, 5) is 1.64. The first kappa shape index (κ1) is 17.4. The lowest BCUT2D eigenvalue weighted by atomic mass is 10.00. The Morgan fingerprint density at radius 2 is 1.20 bits per heavy atom. The monoisotopic (exact) mass is 330 g/mol. The molecule has 0 saturated heterocycles. The maximum atomic E-state index is 2.35. The largest absolute Gasteiger partial charge is 0.330 e. The Hall–Kier alpha value is -2.38. The molecule has 0 saturated carbocycles. The fourth-order valence-corrected chi connectivity index (χ4v) is 3.45. The van der Waals surface area contributed by atoms with Gasteiger partial charge in [0.05, 0.1) is 13.1 Å². The second-order valence-corrected chi connectivity index (χ2v) is 6.91. The van der Waals surface area contributed by atoms with Gasteiger partial charge in [-0.25, -0.2) is 0 Å². The fraction of sp³-hybridized carbons (Fsp3) is 0.250. The lowest BCUT2D eigenvalue weighted by Crippen LogP contribution is -3.11. The first-order valence-corrected chi connectivity index (χ1v) is 9.27. The molecule has 0 aliphatic carbocycles. The molecule has 0 aliphatic heterocycles. The van der Waals surface area contributed by atoms with Crippen molar-refractivity contribution in [2.75, 3.05) is 13.1 Å². The summed E-state index contributed by atoms with van der Waals surface area (Å²) in [5.74, 6) is 0.565. The Bertz CT molecular complexity index is 722. The van der Waals surface area contributed by atoms with Crippen molar-refractivity contribution in [3.05, 3.63) is 108 Å².